The summed E-state index contributed by atoms with van der Waals surface area (Å²) < 4.78 is 5.68. The van der Waals surface area contributed by atoms with Crippen molar-refractivity contribution in [3.05, 3.63) is 140 Å². The Hall–Kier alpha value is -5.54. The quantitative estimate of drug-likeness (QED) is 0.0762. The Morgan fingerprint density at radius 1 is 0.700 bits per heavy atom. The van der Waals surface area contributed by atoms with Crippen molar-refractivity contribution in [1.29, 1.82) is 0 Å². The molecular formula is C41H45N3O6. The van der Waals surface area contributed by atoms with Gasteiger partial charge in [0.2, 0.25) is 11.8 Å². The molecule has 0 saturated heterocycles. The van der Waals surface area contributed by atoms with Crippen molar-refractivity contribution >= 4 is 40.2 Å². The third-order valence-electron chi connectivity index (χ3n) is 8.32. The number of carbonyl (C=O) groups excluding carboxylic acids is 4. The summed E-state index contributed by atoms with van der Waals surface area (Å²) in [6.07, 6.45) is 4.32. The maximum atomic E-state index is 13.7. The Bertz CT molecular complexity index is 1740. The van der Waals surface area contributed by atoms with Gasteiger partial charge in [-0.2, -0.15) is 0 Å². The normalized spacial score (nSPS) is 13.2. The summed E-state index contributed by atoms with van der Waals surface area (Å²) in [6, 6.07) is 30.3. The van der Waals surface area contributed by atoms with Crippen LogP contribution in [0.4, 0.5) is 5.69 Å². The smallest absolute Gasteiger partial charge is 0.309 e. The van der Waals surface area contributed by atoms with Crippen molar-refractivity contribution in [3.63, 3.8) is 0 Å². The summed E-state index contributed by atoms with van der Waals surface area (Å²) in [5.74, 6) is -3.54. The van der Waals surface area contributed by atoms with Crippen LogP contribution in [-0.4, -0.2) is 54.1 Å². The molecule has 0 aliphatic rings. The highest BCUT2D eigenvalue weighted by molar-refractivity contribution is 5.99. The summed E-state index contributed by atoms with van der Waals surface area (Å²) in [5, 5.41) is 20.2. The van der Waals surface area contributed by atoms with Crippen molar-refractivity contribution in [2.24, 2.45) is 11.8 Å². The molecule has 50 heavy (non-hydrogen) atoms. The van der Waals surface area contributed by atoms with E-state index in [1.807, 2.05) is 97.1 Å². The fourth-order valence-corrected chi connectivity index (χ4v) is 5.67. The number of fused-ring (bicyclic) bond motifs is 1. The zero-order valence-corrected chi connectivity index (χ0v) is 28.1. The zero-order chi connectivity index (χ0) is 35.7. The second kappa shape index (κ2) is 19.5. The summed E-state index contributed by atoms with van der Waals surface area (Å²) in [4.78, 5) is 53.7. The molecule has 0 radical (unpaired) electrons. The van der Waals surface area contributed by atoms with Gasteiger partial charge >= 0.3 is 5.97 Å². The lowest BCUT2D eigenvalue weighted by Crippen LogP contribution is -2.50. The van der Waals surface area contributed by atoms with Crippen LogP contribution in [0.3, 0.4) is 0 Å². The highest BCUT2D eigenvalue weighted by atomic mass is 16.5. The van der Waals surface area contributed by atoms with Crippen LogP contribution < -0.4 is 16.0 Å². The van der Waals surface area contributed by atoms with Crippen molar-refractivity contribution in [1.82, 2.24) is 10.6 Å². The van der Waals surface area contributed by atoms with Gasteiger partial charge in [-0.05, 0) is 59.7 Å². The molecule has 0 aromatic heterocycles. The predicted molar refractivity (Wildman–Crippen MR) is 196 cm³/mol. The largest absolute Gasteiger partial charge is 0.463 e. The SMILES string of the molecule is C=CCC(CC(=O)NC(CO)Cc1ccccc1)C(=O)NC(COC(=O)C(CC=C)Cc1ccccc1)C(=O)Nc1ccc2ccccc2c1. The minimum Gasteiger partial charge on any atom is -0.463 e. The number of hydrogen-bond donors (Lipinski definition) is 4. The molecule has 0 saturated carbocycles. The second-order valence-electron chi connectivity index (χ2n) is 12.2. The Labute approximate surface area is 293 Å². The van der Waals surface area contributed by atoms with Crippen molar-refractivity contribution in [2.45, 2.75) is 44.2 Å². The maximum Gasteiger partial charge on any atom is 0.309 e. The molecule has 4 unspecified atom stereocenters. The van der Waals surface area contributed by atoms with Crippen LogP contribution >= 0.6 is 0 Å². The number of anilines is 1. The molecule has 260 valence electrons. The molecule has 4 atom stereocenters. The molecule has 4 aromatic rings. The van der Waals surface area contributed by atoms with Gasteiger partial charge in [0.05, 0.1) is 24.5 Å². The molecule has 0 aliphatic heterocycles. The lowest BCUT2D eigenvalue weighted by molar-refractivity contribution is -0.150. The van der Waals surface area contributed by atoms with Gasteiger partial charge in [-0.25, -0.2) is 0 Å². The zero-order valence-electron chi connectivity index (χ0n) is 28.1. The molecule has 0 aliphatic carbocycles. The Morgan fingerprint density at radius 2 is 1.30 bits per heavy atom. The fraction of sp³-hybridized carbons (Fsp3) is 0.268. The second-order valence-corrected chi connectivity index (χ2v) is 12.2. The van der Waals surface area contributed by atoms with E-state index in [2.05, 4.69) is 29.1 Å². The van der Waals surface area contributed by atoms with E-state index in [4.69, 9.17) is 4.74 Å². The molecule has 0 heterocycles. The minimum absolute atomic E-state index is 0.152. The van der Waals surface area contributed by atoms with Crippen molar-refractivity contribution in [2.75, 3.05) is 18.5 Å². The summed E-state index contributed by atoms with van der Waals surface area (Å²) >= 11 is 0. The van der Waals surface area contributed by atoms with Gasteiger partial charge in [0, 0.05) is 12.1 Å². The lowest BCUT2D eigenvalue weighted by atomic mass is 9.96. The molecule has 3 amide bonds. The fourth-order valence-electron chi connectivity index (χ4n) is 5.67. The highest BCUT2D eigenvalue weighted by Gasteiger charge is 2.30. The number of amides is 3. The number of rotatable bonds is 19. The summed E-state index contributed by atoms with van der Waals surface area (Å²) in [7, 11) is 0. The lowest BCUT2D eigenvalue weighted by Gasteiger charge is -2.23. The predicted octanol–water partition coefficient (Wildman–Crippen LogP) is 5.54. The first-order valence-corrected chi connectivity index (χ1v) is 16.8. The van der Waals surface area contributed by atoms with Crippen LogP contribution in [0.15, 0.2) is 128 Å². The number of carbonyl (C=O) groups is 4. The molecule has 0 bridgehead atoms. The highest BCUT2D eigenvalue weighted by Crippen LogP contribution is 2.20. The first-order valence-electron chi connectivity index (χ1n) is 16.8. The van der Waals surface area contributed by atoms with Crippen molar-refractivity contribution < 1.29 is 29.0 Å². The molecule has 9 heteroatoms. The van der Waals surface area contributed by atoms with E-state index in [1.54, 1.807) is 12.1 Å². The standard InChI is InChI=1S/C41H45N3O6/c1-3-13-33(26-38(46)42-36(27-45)24-30-17-9-6-10-18-30)39(47)44-37(40(48)43-35-22-21-31-19-11-12-20-32(31)25-35)28-50-41(49)34(14-4-2)23-29-15-7-5-8-16-29/h3-12,15-22,25,33-34,36-37,45H,1-2,13-14,23-24,26-28H2,(H,42,46)(H,43,48)(H,44,47). The third kappa shape index (κ3) is 11.6. The van der Waals surface area contributed by atoms with Crippen LogP contribution in [0.2, 0.25) is 0 Å². The van der Waals surface area contributed by atoms with E-state index in [9.17, 15) is 24.3 Å². The van der Waals surface area contributed by atoms with Gasteiger partial charge in [-0.1, -0.05) is 103 Å². The van der Waals surface area contributed by atoms with Gasteiger partial charge in [0.15, 0.2) is 0 Å². The molecule has 4 aromatic carbocycles. The minimum atomic E-state index is -1.27. The van der Waals surface area contributed by atoms with E-state index >= 15 is 0 Å². The number of allylic oxidation sites excluding steroid dienone is 2. The number of esters is 1. The molecule has 0 spiro atoms. The molecular weight excluding hydrogens is 630 g/mol. The van der Waals surface area contributed by atoms with E-state index in [0.29, 0.717) is 24.9 Å². The number of nitrogens with one attached hydrogen (secondary N) is 3. The number of benzene rings is 4. The first kappa shape index (κ1) is 37.3. The van der Waals surface area contributed by atoms with E-state index in [1.165, 1.54) is 6.08 Å². The monoisotopic (exact) mass is 675 g/mol. The summed E-state index contributed by atoms with van der Waals surface area (Å²) in [6.45, 7) is 6.81. The van der Waals surface area contributed by atoms with E-state index in [0.717, 1.165) is 21.9 Å². The van der Waals surface area contributed by atoms with Crippen LogP contribution in [0, 0.1) is 11.8 Å². The van der Waals surface area contributed by atoms with Gasteiger partial charge in [-0.15, -0.1) is 13.2 Å². The maximum absolute atomic E-state index is 13.7. The number of aliphatic hydroxyl groups is 1. The third-order valence-corrected chi connectivity index (χ3v) is 8.32. The van der Waals surface area contributed by atoms with E-state index < -0.39 is 54.2 Å². The van der Waals surface area contributed by atoms with Gasteiger partial charge in [0.25, 0.3) is 5.91 Å². The van der Waals surface area contributed by atoms with E-state index in [-0.39, 0.29) is 19.4 Å². The number of aliphatic hydroxyl groups excluding tert-OH is 1. The first-order chi connectivity index (χ1) is 24.3. The number of hydrogen-bond acceptors (Lipinski definition) is 6. The Morgan fingerprint density at radius 3 is 1.94 bits per heavy atom. The number of ether oxygens (including phenoxy) is 1. The Kier molecular flexibility index (Phi) is 14.5. The molecule has 9 nitrogen and oxygen atoms in total. The molecule has 4 N–H and O–H groups in total. The van der Waals surface area contributed by atoms with Crippen LogP contribution in [0.25, 0.3) is 10.8 Å². The van der Waals surface area contributed by atoms with Gasteiger partial charge < -0.3 is 25.8 Å². The Balaban J connectivity index is 1.47. The van der Waals surface area contributed by atoms with Gasteiger partial charge in [0.1, 0.15) is 12.6 Å². The van der Waals surface area contributed by atoms with Crippen LogP contribution in [0.1, 0.15) is 30.4 Å². The molecule has 4 rings (SSSR count). The average Bonchev–Trinajstić information content (AvgIpc) is 3.13. The molecule has 0 fully saturated rings. The van der Waals surface area contributed by atoms with Crippen molar-refractivity contribution in [3.8, 4) is 0 Å². The van der Waals surface area contributed by atoms with Crippen LogP contribution in [0.5, 0.6) is 0 Å². The summed E-state index contributed by atoms with van der Waals surface area (Å²) in [5.41, 5.74) is 2.40. The topological polar surface area (TPSA) is 134 Å². The average molecular weight is 676 g/mol. The van der Waals surface area contributed by atoms with Crippen LogP contribution in [-0.2, 0) is 36.8 Å². The van der Waals surface area contributed by atoms with Gasteiger partial charge in [-0.3, -0.25) is 19.2 Å².